The summed E-state index contributed by atoms with van der Waals surface area (Å²) in [5, 5.41) is 11.3. The number of halogens is 1. The minimum atomic E-state index is -1.02. The van der Waals surface area contributed by atoms with Gasteiger partial charge in [-0.1, -0.05) is 12.1 Å². The van der Waals surface area contributed by atoms with Gasteiger partial charge in [-0.2, -0.15) is 0 Å². The van der Waals surface area contributed by atoms with Crippen molar-refractivity contribution in [2.75, 3.05) is 0 Å². The molecule has 0 aliphatic carbocycles. The Morgan fingerprint density at radius 3 is 2.69 bits per heavy atom. The number of carbonyl (C=O) groups is 2. The van der Waals surface area contributed by atoms with Crippen molar-refractivity contribution in [1.29, 1.82) is 0 Å². The molecule has 0 radical (unpaired) electrons. The molecule has 1 aromatic carbocycles. The van der Waals surface area contributed by atoms with E-state index >= 15 is 0 Å². The van der Waals surface area contributed by atoms with Crippen LogP contribution < -0.4 is 5.32 Å². The normalized spacial score (nSPS) is 11.9. The summed E-state index contributed by atoms with van der Waals surface area (Å²) in [6, 6.07) is 6.68. The molecule has 1 rings (SSSR count). The molecule has 0 saturated carbocycles. The Kier molecular flexibility index (Phi) is 4.72. The first-order chi connectivity index (χ1) is 7.49. The molecule has 1 atom stereocenters. The molecule has 1 aromatic rings. The molecule has 0 saturated heterocycles. The predicted molar refractivity (Wildman–Crippen MR) is 68.1 cm³/mol. The van der Waals surface area contributed by atoms with E-state index in [1.807, 2.05) is 24.3 Å². The summed E-state index contributed by atoms with van der Waals surface area (Å²) in [6.07, 6.45) is 0.297. The topological polar surface area (TPSA) is 66.4 Å². The third-order valence-electron chi connectivity index (χ3n) is 2.00. The molecule has 0 fully saturated rings. The fourth-order valence-corrected chi connectivity index (χ4v) is 1.95. The summed E-state index contributed by atoms with van der Waals surface area (Å²) in [5.74, 6) is -1.35. The highest BCUT2D eigenvalue weighted by Gasteiger charge is 2.18. The highest BCUT2D eigenvalue weighted by Crippen LogP contribution is 2.10. The molecule has 0 heterocycles. The van der Waals surface area contributed by atoms with E-state index in [1.54, 1.807) is 0 Å². The Hall–Kier alpha value is -1.11. The van der Waals surface area contributed by atoms with E-state index in [2.05, 4.69) is 27.9 Å². The molecule has 0 aliphatic rings. The highest BCUT2D eigenvalue weighted by molar-refractivity contribution is 14.1. The maximum Gasteiger partial charge on any atom is 0.326 e. The Morgan fingerprint density at radius 1 is 1.50 bits per heavy atom. The van der Waals surface area contributed by atoms with Crippen LogP contribution in [-0.2, 0) is 16.0 Å². The van der Waals surface area contributed by atoms with Crippen LogP contribution in [0.25, 0.3) is 0 Å². The summed E-state index contributed by atoms with van der Waals surface area (Å²) in [5.41, 5.74) is 0.896. The largest absolute Gasteiger partial charge is 0.480 e. The van der Waals surface area contributed by atoms with E-state index < -0.39 is 12.0 Å². The van der Waals surface area contributed by atoms with Gasteiger partial charge in [0.1, 0.15) is 6.04 Å². The fraction of sp³-hybridized carbons (Fsp3) is 0.273. The molecule has 0 aromatic heterocycles. The van der Waals surface area contributed by atoms with Gasteiger partial charge in [-0.25, -0.2) is 4.79 Å². The number of amides is 1. The zero-order valence-electron chi connectivity index (χ0n) is 8.74. The lowest BCUT2D eigenvalue weighted by atomic mass is 10.1. The van der Waals surface area contributed by atoms with Crippen LogP contribution in [0, 0.1) is 3.57 Å². The average Bonchev–Trinajstić information content (AvgIpc) is 2.15. The van der Waals surface area contributed by atoms with Crippen LogP contribution in [0.15, 0.2) is 24.3 Å². The number of carboxylic acid groups (broad SMARTS) is 1. The van der Waals surface area contributed by atoms with Gasteiger partial charge < -0.3 is 10.4 Å². The first-order valence-corrected chi connectivity index (χ1v) is 5.81. The summed E-state index contributed by atoms with van der Waals surface area (Å²) < 4.78 is 1.04. The van der Waals surface area contributed by atoms with E-state index in [0.29, 0.717) is 6.42 Å². The lowest BCUT2D eigenvalue weighted by Gasteiger charge is -2.13. The number of nitrogens with one attached hydrogen (secondary N) is 1. The number of benzene rings is 1. The van der Waals surface area contributed by atoms with Gasteiger partial charge in [0.25, 0.3) is 0 Å². The molecule has 1 amide bonds. The third kappa shape index (κ3) is 4.18. The van der Waals surface area contributed by atoms with Gasteiger partial charge in [-0.05, 0) is 40.3 Å². The second kappa shape index (κ2) is 5.83. The van der Waals surface area contributed by atoms with Crippen molar-refractivity contribution in [2.45, 2.75) is 19.4 Å². The van der Waals surface area contributed by atoms with Crippen LogP contribution in [0.1, 0.15) is 12.5 Å². The lowest BCUT2D eigenvalue weighted by Crippen LogP contribution is -2.41. The number of rotatable bonds is 4. The van der Waals surface area contributed by atoms with Crippen LogP contribution in [0.4, 0.5) is 0 Å². The van der Waals surface area contributed by atoms with Gasteiger partial charge in [-0.3, -0.25) is 4.79 Å². The number of hydrogen-bond acceptors (Lipinski definition) is 2. The van der Waals surface area contributed by atoms with Crippen molar-refractivity contribution in [3.05, 3.63) is 33.4 Å². The minimum Gasteiger partial charge on any atom is -0.480 e. The molecule has 0 spiro atoms. The van der Waals surface area contributed by atoms with Crippen molar-refractivity contribution in [3.63, 3.8) is 0 Å². The van der Waals surface area contributed by atoms with Gasteiger partial charge in [0.2, 0.25) is 5.91 Å². The zero-order chi connectivity index (χ0) is 12.1. The van der Waals surface area contributed by atoms with Crippen molar-refractivity contribution in [2.24, 2.45) is 0 Å². The average molecular weight is 333 g/mol. The monoisotopic (exact) mass is 333 g/mol. The van der Waals surface area contributed by atoms with Crippen LogP contribution in [0.5, 0.6) is 0 Å². The first-order valence-electron chi connectivity index (χ1n) is 4.73. The number of carboxylic acids is 1. The first kappa shape index (κ1) is 13.0. The maximum atomic E-state index is 10.9. The van der Waals surface area contributed by atoms with E-state index in [1.165, 1.54) is 6.92 Å². The van der Waals surface area contributed by atoms with Crippen molar-refractivity contribution < 1.29 is 14.7 Å². The molecule has 86 valence electrons. The molecule has 0 unspecified atom stereocenters. The Balaban J connectivity index is 2.75. The Bertz CT molecular complexity index is 406. The minimum absolute atomic E-state index is 0.297. The lowest BCUT2D eigenvalue weighted by molar-refractivity contribution is -0.141. The molecular formula is C11H12INO3. The molecule has 16 heavy (non-hydrogen) atoms. The molecule has 4 nitrogen and oxygen atoms in total. The summed E-state index contributed by atoms with van der Waals surface area (Å²) >= 11 is 2.16. The summed E-state index contributed by atoms with van der Waals surface area (Å²) in [4.78, 5) is 21.7. The zero-order valence-corrected chi connectivity index (χ0v) is 10.9. The summed E-state index contributed by atoms with van der Waals surface area (Å²) in [7, 11) is 0. The number of hydrogen-bond donors (Lipinski definition) is 2. The predicted octanol–water partition coefficient (Wildman–Crippen LogP) is 1.42. The maximum absolute atomic E-state index is 10.9. The van der Waals surface area contributed by atoms with Crippen LogP contribution in [0.2, 0.25) is 0 Å². The third-order valence-corrected chi connectivity index (χ3v) is 2.68. The molecule has 2 N–H and O–H groups in total. The fourth-order valence-electron chi connectivity index (χ4n) is 1.35. The van der Waals surface area contributed by atoms with E-state index in [-0.39, 0.29) is 5.91 Å². The van der Waals surface area contributed by atoms with E-state index in [4.69, 9.17) is 5.11 Å². The number of aliphatic carboxylic acids is 1. The van der Waals surface area contributed by atoms with Crippen molar-refractivity contribution in [3.8, 4) is 0 Å². The standard InChI is InChI=1S/C11H12INO3/c1-7(14)13-10(11(15)16)6-8-3-2-4-9(12)5-8/h2-5,10H,6H2,1H3,(H,13,14)(H,15,16)/t10-/m0/s1. The molecule has 0 bridgehead atoms. The second-order valence-corrected chi connectivity index (χ2v) is 4.67. The molecule has 0 aliphatic heterocycles. The van der Waals surface area contributed by atoms with E-state index in [0.717, 1.165) is 9.13 Å². The van der Waals surface area contributed by atoms with Crippen LogP contribution >= 0.6 is 22.6 Å². The van der Waals surface area contributed by atoms with Crippen molar-refractivity contribution in [1.82, 2.24) is 5.32 Å². The summed E-state index contributed by atoms with van der Waals surface area (Å²) in [6.45, 7) is 1.31. The highest BCUT2D eigenvalue weighted by atomic mass is 127. The SMILES string of the molecule is CC(=O)N[C@@H](Cc1cccc(I)c1)C(=O)O. The van der Waals surface area contributed by atoms with E-state index in [9.17, 15) is 9.59 Å². The second-order valence-electron chi connectivity index (χ2n) is 3.43. The van der Waals surface area contributed by atoms with Gasteiger partial charge in [0.05, 0.1) is 0 Å². The van der Waals surface area contributed by atoms with Gasteiger partial charge >= 0.3 is 5.97 Å². The quantitative estimate of drug-likeness (QED) is 0.819. The number of carbonyl (C=O) groups excluding carboxylic acids is 1. The van der Waals surface area contributed by atoms with Crippen LogP contribution in [0.3, 0.4) is 0 Å². The van der Waals surface area contributed by atoms with Gasteiger partial charge in [0.15, 0.2) is 0 Å². The van der Waals surface area contributed by atoms with Crippen molar-refractivity contribution >= 4 is 34.5 Å². The molecular weight excluding hydrogens is 321 g/mol. The van der Waals surface area contributed by atoms with Crippen LogP contribution in [-0.4, -0.2) is 23.0 Å². The van der Waals surface area contributed by atoms with Gasteiger partial charge in [-0.15, -0.1) is 0 Å². The Morgan fingerprint density at radius 2 is 2.19 bits per heavy atom. The molecule has 5 heteroatoms. The van der Waals surface area contributed by atoms with Gasteiger partial charge in [0, 0.05) is 16.9 Å². The smallest absolute Gasteiger partial charge is 0.326 e. The Labute approximate surface area is 107 Å².